The molecule has 1 saturated heterocycles. The third-order valence-electron chi connectivity index (χ3n) is 4.28. The molecule has 0 aromatic carbocycles. The fourth-order valence-electron chi connectivity index (χ4n) is 3.06. The standard InChI is InChI=1S/C15H26N2O4/c1-20-15(19)13-11-21-9-8-17(13)10-14(18)16-12-6-4-2-3-5-7-12/h12-13H,2-11H2,1H3,(H,16,18). The van der Waals surface area contributed by atoms with Gasteiger partial charge in [0.1, 0.15) is 6.04 Å². The molecule has 1 saturated carbocycles. The van der Waals surface area contributed by atoms with Gasteiger partial charge in [-0.3, -0.25) is 14.5 Å². The number of esters is 1. The fourth-order valence-corrected chi connectivity index (χ4v) is 3.06. The number of ether oxygens (including phenoxy) is 2. The molecule has 0 spiro atoms. The Morgan fingerprint density at radius 3 is 2.62 bits per heavy atom. The van der Waals surface area contributed by atoms with Crippen molar-refractivity contribution in [2.45, 2.75) is 50.6 Å². The van der Waals surface area contributed by atoms with E-state index in [1.165, 1.54) is 32.8 Å². The van der Waals surface area contributed by atoms with Crippen LogP contribution in [-0.2, 0) is 19.1 Å². The summed E-state index contributed by atoms with van der Waals surface area (Å²) in [6.45, 7) is 1.66. The Hall–Kier alpha value is -1.14. The quantitative estimate of drug-likeness (QED) is 0.611. The van der Waals surface area contributed by atoms with Gasteiger partial charge in [-0.2, -0.15) is 0 Å². The first-order valence-electron chi connectivity index (χ1n) is 7.89. The van der Waals surface area contributed by atoms with Gasteiger partial charge in [-0.1, -0.05) is 25.7 Å². The Morgan fingerprint density at radius 1 is 1.24 bits per heavy atom. The van der Waals surface area contributed by atoms with E-state index in [1.807, 2.05) is 4.90 Å². The average molecular weight is 298 g/mol. The summed E-state index contributed by atoms with van der Waals surface area (Å²) in [5.41, 5.74) is 0. The molecule has 2 rings (SSSR count). The zero-order valence-corrected chi connectivity index (χ0v) is 12.8. The van der Waals surface area contributed by atoms with Gasteiger partial charge < -0.3 is 14.8 Å². The van der Waals surface area contributed by atoms with E-state index in [4.69, 9.17) is 9.47 Å². The Bertz CT molecular complexity index is 354. The van der Waals surface area contributed by atoms with E-state index < -0.39 is 6.04 Å². The SMILES string of the molecule is COC(=O)C1COCCN1CC(=O)NC1CCCCCC1. The van der Waals surface area contributed by atoms with E-state index in [0.717, 1.165) is 12.8 Å². The maximum Gasteiger partial charge on any atom is 0.325 e. The highest BCUT2D eigenvalue weighted by Gasteiger charge is 2.31. The summed E-state index contributed by atoms with van der Waals surface area (Å²) in [6, 6.07) is -0.179. The monoisotopic (exact) mass is 298 g/mol. The van der Waals surface area contributed by atoms with Crippen LogP contribution >= 0.6 is 0 Å². The molecule has 1 N–H and O–H groups in total. The van der Waals surface area contributed by atoms with Crippen LogP contribution in [0.25, 0.3) is 0 Å². The van der Waals surface area contributed by atoms with Gasteiger partial charge in [0.15, 0.2) is 0 Å². The van der Waals surface area contributed by atoms with Crippen LogP contribution in [0.5, 0.6) is 0 Å². The minimum atomic E-state index is -0.469. The highest BCUT2D eigenvalue weighted by molar-refractivity contribution is 5.80. The summed E-state index contributed by atoms with van der Waals surface area (Å²) in [4.78, 5) is 25.8. The van der Waals surface area contributed by atoms with Crippen molar-refractivity contribution in [2.24, 2.45) is 0 Å². The molecule has 1 atom stereocenters. The number of amides is 1. The molecule has 0 radical (unpaired) electrons. The molecule has 6 heteroatoms. The van der Waals surface area contributed by atoms with Gasteiger partial charge in [0.05, 0.1) is 26.9 Å². The third kappa shape index (κ3) is 4.97. The second-order valence-electron chi connectivity index (χ2n) is 5.84. The van der Waals surface area contributed by atoms with Crippen molar-refractivity contribution < 1.29 is 19.1 Å². The van der Waals surface area contributed by atoms with Gasteiger partial charge in [0.25, 0.3) is 0 Å². The van der Waals surface area contributed by atoms with Crippen LogP contribution < -0.4 is 5.32 Å². The number of hydrogen-bond donors (Lipinski definition) is 1. The zero-order valence-electron chi connectivity index (χ0n) is 12.8. The zero-order chi connectivity index (χ0) is 15.1. The molecule has 1 amide bonds. The third-order valence-corrected chi connectivity index (χ3v) is 4.28. The second-order valence-corrected chi connectivity index (χ2v) is 5.84. The maximum atomic E-state index is 12.2. The molecule has 2 aliphatic rings. The predicted octanol–water partition coefficient (Wildman–Crippen LogP) is 0.699. The minimum Gasteiger partial charge on any atom is -0.468 e. The van der Waals surface area contributed by atoms with Crippen molar-refractivity contribution in [3.8, 4) is 0 Å². The van der Waals surface area contributed by atoms with Crippen molar-refractivity contribution >= 4 is 11.9 Å². The predicted molar refractivity (Wildman–Crippen MR) is 77.8 cm³/mol. The number of carbonyl (C=O) groups is 2. The normalized spacial score (nSPS) is 25.1. The van der Waals surface area contributed by atoms with Crippen LogP contribution in [0.15, 0.2) is 0 Å². The molecule has 0 bridgehead atoms. The number of carbonyl (C=O) groups excluding carboxylic acids is 2. The number of methoxy groups -OCH3 is 1. The highest BCUT2D eigenvalue weighted by Crippen LogP contribution is 2.17. The summed E-state index contributed by atoms with van der Waals surface area (Å²) < 4.78 is 10.1. The molecule has 1 aliphatic carbocycles. The lowest BCUT2D eigenvalue weighted by Crippen LogP contribution is -2.54. The Labute approximate surface area is 126 Å². The van der Waals surface area contributed by atoms with Crippen LogP contribution in [0.3, 0.4) is 0 Å². The first-order chi connectivity index (χ1) is 10.2. The van der Waals surface area contributed by atoms with Crippen LogP contribution in [0.2, 0.25) is 0 Å². The first kappa shape index (κ1) is 16.2. The molecule has 1 unspecified atom stereocenters. The molecule has 120 valence electrons. The summed E-state index contributed by atoms with van der Waals surface area (Å²) in [5.74, 6) is -0.338. The smallest absolute Gasteiger partial charge is 0.325 e. The van der Waals surface area contributed by atoms with Crippen molar-refractivity contribution in [1.29, 1.82) is 0 Å². The van der Waals surface area contributed by atoms with Crippen molar-refractivity contribution in [1.82, 2.24) is 10.2 Å². The molecule has 1 aliphatic heterocycles. The van der Waals surface area contributed by atoms with Crippen molar-refractivity contribution in [3.63, 3.8) is 0 Å². The molecule has 0 aromatic rings. The molecule has 0 aromatic heterocycles. The van der Waals surface area contributed by atoms with Gasteiger partial charge in [0.2, 0.25) is 5.91 Å². The van der Waals surface area contributed by atoms with Crippen LogP contribution in [-0.4, -0.2) is 62.3 Å². The number of rotatable bonds is 4. The number of morpholine rings is 1. The Kier molecular flexibility index (Phi) is 6.45. The van der Waals surface area contributed by atoms with Crippen LogP contribution in [0, 0.1) is 0 Å². The van der Waals surface area contributed by atoms with E-state index in [9.17, 15) is 9.59 Å². The van der Waals surface area contributed by atoms with E-state index in [0.29, 0.717) is 19.8 Å². The molecule has 1 heterocycles. The van der Waals surface area contributed by atoms with E-state index in [2.05, 4.69) is 5.32 Å². The van der Waals surface area contributed by atoms with E-state index >= 15 is 0 Å². The van der Waals surface area contributed by atoms with Crippen LogP contribution in [0.1, 0.15) is 38.5 Å². The molecule has 2 fully saturated rings. The fraction of sp³-hybridized carbons (Fsp3) is 0.867. The molecule has 6 nitrogen and oxygen atoms in total. The van der Waals surface area contributed by atoms with Crippen molar-refractivity contribution in [3.05, 3.63) is 0 Å². The van der Waals surface area contributed by atoms with Crippen molar-refractivity contribution in [2.75, 3.05) is 33.4 Å². The summed E-state index contributed by atoms with van der Waals surface area (Å²) >= 11 is 0. The summed E-state index contributed by atoms with van der Waals surface area (Å²) in [5, 5.41) is 3.11. The number of nitrogens with one attached hydrogen (secondary N) is 1. The lowest BCUT2D eigenvalue weighted by molar-refractivity contribution is -0.154. The molecule has 21 heavy (non-hydrogen) atoms. The van der Waals surface area contributed by atoms with Gasteiger partial charge in [-0.05, 0) is 12.8 Å². The molecular formula is C15H26N2O4. The largest absolute Gasteiger partial charge is 0.468 e. The van der Waals surface area contributed by atoms with Gasteiger partial charge in [0, 0.05) is 12.6 Å². The summed E-state index contributed by atoms with van der Waals surface area (Å²) in [7, 11) is 1.36. The minimum absolute atomic E-state index is 0.00213. The molecular weight excluding hydrogens is 272 g/mol. The lowest BCUT2D eigenvalue weighted by Gasteiger charge is -2.33. The van der Waals surface area contributed by atoms with Gasteiger partial charge in [-0.15, -0.1) is 0 Å². The van der Waals surface area contributed by atoms with Gasteiger partial charge >= 0.3 is 5.97 Å². The topological polar surface area (TPSA) is 67.9 Å². The maximum absolute atomic E-state index is 12.2. The average Bonchev–Trinajstić information content (AvgIpc) is 2.75. The van der Waals surface area contributed by atoms with Gasteiger partial charge in [-0.25, -0.2) is 0 Å². The van der Waals surface area contributed by atoms with E-state index in [1.54, 1.807) is 0 Å². The first-order valence-corrected chi connectivity index (χ1v) is 7.89. The highest BCUT2D eigenvalue weighted by atomic mass is 16.5. The van der Waals surface area contributed by atoms with Crippen LogP contribution in [0.4, 0.5) is 0 Å². The second kappa shape index (κ2) is 8.34. The number of nitrogens with zero attached hydrogens (tertiary/aromatic N) is 1. The Morgan fingerprint density at radius 2 is 1.95 bits per heavy atom. The number of hydrogen-bond acceptors (Lipinski definition) is 5. The summed E-state index contributed by atoms with van der Waals surface area (Å²) in [6.07, 6.45) is 7.03. The lowest BCUT2D eigenvalue weighted by atomic mass is 10.1. The van der Waals surface area contributed by atoms with E-state index in [-0.39, 0.29) is 24.5 Å². The Balaban J connectivity index is 1.83.